The lowest BCUT2D eigenvalue weighted by Crippen LogP contribution is -2.67. The molecule has 0 aliphatic carbocycles. The highest BCUT2D eigenvalue weighted by Gasteiger charge is 2.58. The molecule has 0 bridgehead atoms. The number of aliphatic hydroxyl groups excluding tert-OH is 1. The minimum atomic E-state index is -6.10. The van der Waals surface area contributed by atoms with Crippen LogP contribution in [0.1, 0.15) is 0 Å². The van der Waals surface area contributed by atoms with Crippen LogP contribution in [-0.4, -0.2) is 171 Å². The normalized spacial score (nSPS) is 32.1. The van der Waals surface area contributed by atoms with Gasteiger partial charge in [-0.1, -0.05) is 0 Å². The van der Waals surface area contributed by atoms with Gasteiger partial charge < -0.3 is 19.3 Å². The average molecular weight is 903 g/mol. The largest absolute Gasteiger partial charge is 0.397 e. The topological polar surface area (TPSA) is 493 Å². The maximum atomic E-state index is 11.7. The predicted octanol–water partition coefficient (Wildman–Crippen LogP) is -6.61. The number of ether oxygens (including phenoxy) is 3. The number of aliphatic hydroxyl groups is 1. The van der Waals surface area contributed by atoms with E-state index >= 15 is 0 Å². The van der Waals surface area contributed by atoms with Crippen molar-refractivity contribution in [2.24, 2.45) is 0 Å². The van der Waals surface area contributed by atoms with E-state index in [1.54, 1.807) is 0 Å². The van der Waals surface area contributed by atoms with Crippen LogP contribution in [0.3, 0.4) is 0 Å². The van der Waals surface area contributed by atoms with E-state index in [1.807, 2.05) is 0 Å². The molecule has 0 saturated carbocycles. The van der Waals surface area contributed by atoms with Gasteiger partial charge in [-0.25, -0.2) is 29.3 Å². The SMILES string of the molecule is O=S(=O)(O)OC[C@H]1O[C@H](O[C@H]2[C@H](OS(=O)(=O)O)[C@H](OS(=O)(=O)O)[C@@H](O)O[C@@H]2COS(=O)(=O)O)[C@@H](OS(=O)(=O)O)[C@@H](OS(=O)(=O)O)[C@@H]1OS(=O)(=O)O. The van der Waals surface area contributed by atoms with E-state index < -0.39 is 147 Å². The minimum Gasteiger partial charge on any atom is -0.366 e. The van der Waals surface area contributed by atoms with Crippen LogP contribution in [-0.2, 0) is 116 Å². The molecule has 0 aromatic heterocycles. The Morgan fingerprint density at radius 2 is 0.706 bits per heavy atom. The lowest BCUT2D eigenvalue weighted by atomic mass is 9.97. The van der Waals surface area contributed by atoms with E-state index in [1.165, 1.54) is 0 Å². The van der Waals surface area contributed by atoms with Crippen LogP contribution in [0.25, 0.3) is 0 Å². The van der Waals surface area contributed by atoms with Gasteiger partial charge in [-0.05, 0) is 0 Å². The van der Waals surface area contributed by atoms with Crippen molar-refractivity contribution in [3.63, 3.8) is 0 Å². The molecule has 10 atom stereocenters. The molecular weight excluding hydrogens is 881 g/mol. The molecule has 39 heteroatoms. The summed E-state index contributed by atoms with van der Waals surface area (Å²) < 4.78 is 269. The number of rotatable bonds is 18. The molecule has 0 amide bonds. The number of hydrogen-bond acceptors (Lipinski definition) is 25. The molecule has 2 heterocycles. The van der Waals surface area contributed by atoms with Crippen molar-refractivity contribution >= 4 is 72.8 Å². The van der Waals surface area contributed by atoms with Gasteiger partial charge >= 0.3 is 72.8 Å². The van der Waals surface area contributed by atoms with E-state index in [0.717, 1.165) is 0 Å². The van der Waals surface area contributed by atoms with E-state index in [9.17, 15) is 82.2 Å². The Labute approximate surface area is 286 Å². The van der Waals surface area contributed by atoms with Crippen molar-refractivity contribution in [1.29, 1.82) is 0 Å². The van der Waals surface area contributed by atoms with Crippen LogP contribution in [0.5, 0.6) is 0 Å². The average Bonchev–Trinajstić information content (AvgIpc) is 2.84. The first-order chi connectivity index (χ1) is 22.5. The summed E-state index contributed by atoms with van der Waals surface area (Å²) in [6.07, 6.45) is -30.2. The standard InChI is InChI=1S/C12H22O32S7/c13-11-9(43-50(29,30)31)7(41-48(23,24)25)5(3(37-11)1-35-45(14,15)16)39-12-10(44-51(32,33)34)8(42-49(26,27)28)6(40-47(20,21)22)4(38-12)2-36-46(17,18)19/h3-13H,1-2H2,(H,14,15,16)(H,17,18,19)(H,20,21,22)(H,23,24,25)(H,26,27,28)(H,29,30,31)(H,32,33,34)/t3-,4-,5-,6-,7+,8+,9+,10+,11+,12-/m1/s1. The first-order valence-corrected chi connectivity index (χ1v) is 21.2. The van der Waals surface area contributed by atoms with Gasteiger partial charge in [0.25, 0.3) is 0 Å². The Kier molecular flexibility index (Phi) is 14.8. The summed E-state index contributed by atoms with van der Waals surface area (Å²) in [5.41, 5.74) is 0. The molecule has 8 N–H and O–H groups in total. The van der Waals surface area contributed by atoms with Gasteiger partial charge in [0.1, 0.15) is 36.6 Å². The van der Waals surface area contributed by atoms with Crippen LogP contribution in [0.4, 0.5) is 0 Å². The second-order valence-corrected chi connectivity index (χ2v) is 16.5. The Hall–Kier alpha value is -1.07. The van der Waals surface area contributed by atoms with Crippen molar-refractivity contribution in [2.75, 3.05) is 13.2 Å². The summed E-state index contributed by atoms with van der Waals surface area (Å²) >= 11 is 0. The third-order valence-electron chi connectivity index (χ3n) is 5.42. The zero-order chi connectivity index (χ0) is 39.8. The van der Waals surface area contributed by atoms with Crippen molar-refractivity contribution in [3.8, 4) is 0 Å². The van der Waals surface area contributed by atoms with Crippen molar-refractivity contribution in [2.45, 2.75) is 61.4 Å². The Balaban J connectivity index is 2.92. The van der Waals surface area contributed by atoms with Gasteiger partial charge in [0.2, 0.25) is 0 Å². The van der Waals surface area contributed by atoms with Crippen LogP contribution in [0.15, 0.2) is 0 Å². The molecule has 0 radical (unpaired) electrons. The van der Waals surface area contributed by atoms with Crippen molar-refractivity contribution < 1.29 is 139 Å². The van der Waals surface area contributed by atoms with E-state index in [4.69, 9.17) is 27.9 Å². The third kappa shape index (κ3) is 16.9. The van der Waals surface area contributed by atoms with Gasteiger partial charge in [0.15, 0.2) is 24.8 Å². The Morgan fingerprint density at radius 3 is 1.08 bits per heavy atom. The fourth-order valence-corrected chi connectivity index (χ4v) is 7.11. The summed E-state index contributed by atoms with van der Waals surface area (Å²) in [5, 5.41) is 10.2. The molecule has 0 unspecified atom stereocenters. The van der Waals surface area contributed by atoms with Gasteiger partial charge in [-0.3, -0.25) is 31.9 Å². The van der Waals surface area contributed by atoms with Crippen molar-refractivity contribution in [1.82, 2.24) is 0 Å². The number of hydrogen-bond donors (Lipinski definition) is 8. The zero-order valence-corrected chi connectivity index (χ0v) is 29.1. The lowest BCUT2D eigenvalue weighted by molar-refractivity contribution is -0.343. The van der Waals surface area contributed by atoms with E-state index in [-0.39, 0.29) is 0 Å². The van der Waals surface area contributed by atoms with Crippen molar-refractivity contribution in [3.05, 3.63) is 0 Å². The summed E-state index contributed by atoms with van der Waals surface area (Å²) in [7, 11) is -41.2. The lowest BCUT2D eigenvalue weighted by Gasteiger charge is -2.47. The highest BCUT2D eigenvalue weighted by Crippen LogP contribution is 2.36. The van der Waals surface area contributed by atoms with E-state index in [0.29, 0.717) is 0 Å². The zero-order valence-electron chi connectivity index (χ0n) is 23.4. The molecule has 2 rings (SSSR count). The minimum absolute atomic E-state index is 1.74. The molecule has 0 aromatic rings. The molecular formula is C12H22O32S7. The third-order valence-corrected chi connectivity index (χ3v) is 8.61. The van der Waals surface area contributed by atoms with Gasteiger partial charge in [0.05, 0.1) is 13.2 Å². The van der Waals surface area contributed by atoms with Crippen LogP contribution in [0, 0.1) is 0 Å². The Bertz CT molecular complexity index is 2000. The maximum Gasteiger partial charge on any atom is 0.397 e. The highest BCUT2D eigenvalue weighted by atomic mass is 32.3. The second kappa shape index (κ2) is 16.3. The maximum absolute atomic E-state index is 11.7. The fourth-order valence-electron chi connectivity index (χ4n) is 4.02. The second-order valence-electron chi connectivity index (χ2n) is 9.08. The summed E-state index contributed by atoms with van der Waals surface area (Å²) in [5.74, 6) is 0. The molecule has 2 aliphatic rings. The first kappa shape index (κ1) is 46.1. The van der Waals surface area contributed by atoms with Gasteiger partial charge in [-0.15, -0.1) is 0 Å². The molecule has 51 heavy (non-hydrogen) atoms. The molecule has 2 saturated heterocycles. The summed E-state index contributed by atoms with van der Waals surface area (Å²) in [6.45, 7) is -3.59. The summed E-state index contributed by atoms with van der Waals surface area (Å²) in [4.78, 5) is 0. The molecule has 0 aromatic carbocycles. The van der Waals surface area contributed by atoms with Crippen LogP contribution < -0.4 is 0 Å². The van der Waals surface area contributed by atoms with Gasteiger partial charge in [-0.2, -0.15) is 58.9 Å². The molecule has 2 aliphatic heterocycles. The molecule has 32 nitrogen and oxygen atoms in total. The van der Waals surface area contributed by atoms with E-state index in [2.05, 4.69) is 29.3 Å². The fraction of sp³-hybridized carbons (Fsp3) is 1.00. The molecule has 0 spiro atoms. The molecule has 304 valence electrons. The molecule has 2 fully saturated rings. The van der Waals surface area contributed by atoms with Crippen LogP contribution >= 0.6 is 0 Å². The quantitative estimate of drug-likeness (QED) is 0.0593. The summed E-state index contributed by atoms with van der Waals surface area (Å²) in [6, 6.07) is 0. The van der Waals surface area contributed by atoms with Gasteiger partial charge in [0, 0.05) is 0 Å². The monoisotopic (exact) mass is 902 g/mol. The first-order valence-electron chi connectivity index (χ1n) is 11.7. The van der Waals surface area contributed by atoms with Crippen LogP contribution in [0.2, 0.25) is 0 Å². The predicted molar refractivity (Wildman–Crippen MR) is 142 cm³/mol. The smallest absolute Gasteiger partial charge is 0.366 e. The highest BCUT2D eigenvalue weighted by molar-refractivity contribution is 7.82. The Morgan fingerprint density at radius 1 is 0.392 bits per heavy atom.